The molecule has 0 saturated carbocycles. The summed E-state index contributed by atoms with van der Waals surface area (Å²) < 4.78 is 0. The van der Waals surface area contributed by atoms with E-state index in [1.807, 2.05) is 6.79 Å². The highest BCUT2D eigenvalue weighted by Crippen LogP contribution is 2.07. The molecule has 0 aliphatic rings. The molecular weight excluding hydrogens is 284 g/mol. The van der Waals surface area contributed by atoms with Crippen molar-refractivity contribution in [1.82, 2.24) is 0 Å². The molecule has 2 heteroatoms. The second-order valence-electron chi connectivity index (χ2n) is 4.87. The van der Waals surface area contributed by atoms with Crippen LogP contribution in [0.25, 0.3) is 0 Å². The van der Waals surface area contributed by atoms with Crippen LogP contribution in [0.3, 0.4) is 0 Å². The van der Waals surface area contributed by atoms with Crippen LogP contribution < -0.4 is 0 Å². The molecule has 1 aromatic rings. The summed E-state index contributed by atoms with van der Waals surface area (Å²) in [5.41, 5.74) is 2.54. The molecule has 0 radical (unpaired) electrons. The highest BCUT2D eigenvalue weighted by atomic mass is 16.2. The molecule has 126 valence electrons. The summed E-state index contributed by atoms with van der Waals surface area (Å²) in [6.07, 6.45) is 14.3. The van der Waals surface area contributed by atoms with Crippen LogP contribution >= 0.6 is 0 Å². The molecular formula is C21H30O2. The number of aryl methyl sites for hydroxylation is 1. The minimum Gasteiger partial charge on any atom is -0.400 e. The first-order chi connectivity index (χ1) is 11.4. The first-order valence-electron chi connectivity index (χ1n) is 8.11. The van der Waals surface area contributed by atoms with Gasteiger partial charge in [-0.1, -0.05) is 50.2 Å². The molecule has 0 spiro atoms. The monoisotopic (exact) mass is 314 g/mol. The molecule has 1 rings (SSSR count). The smallest absolute Gasteiger partial charge is 0.106 e. The molecule has 23 heavy (non-hydrogen) atoms. The number of terminal acetylenes is 1. The van der Waals surface area contributed by atoms with Crippen molar-refractivity contribution >= 4 is 6.79 Å². The number of carbonyl (C=O) groups excluding carboxylic acids is 1. The van der Waals surface area contributed by atoms with Crippen LogP contribution in [-0.4, -0.2) is 19.0 Å². The Bertz CT molecular complexity index is 457. The summed E-state index contributed by atoms with van der Waals surface area (Å²) in [4.78, 5) is 8.00. The fourth-order valence-electron chi connectivity index (χ4n) is 2.00. The van der Waals surface area contributed by atoms with Gasteiger partial charge in [0.1, 0.15) is 6.79 Å². The van der Waals surface area contributed by atoms with Gasteiger partial charge in [0, 0.05) is 25.5 Å². The Kier molecular flexibility index (Phi) is 20.2. The van der Waals surface area contributed by atoms with E-state index in [0.29, 0.717) is 0 Å². The Morgan fingerprint density at radius 1 is 1.00 bits per heavy atom. The molecule has 0 unspecified atom stereocenters. The number of aliphatic hydroxyl groups excluding tert-OH is 1. The highest BCUT2D eigenvalue weighted by Gasteiger charge is 1.91. The molecule has 0 atom stereocenters. The Morgan fingerprint density at radius 2 is 1.57 bits per heavy atom. The third-order valence-electron chi connectivity index (χ3n) is 3.10. The number of aliphatic hydroxyl groups is 1. The van der Waals surface area contributed by atoms with Gasteiger partial charge in [0.25, 0.3) is 0 Å². The lowest BCUT2D eigenvalue weighted by molar-refractivity contribution is -0.0979. The van der Waals surface area contributed by atoms with Crippen molar-refractivity contribution in [3.63, 3.8) is 0 Å². The van der Waals surface area contributed by atoms with E-state index in [4.69, 9.17) is 16.3 Å². The maximum absolute atomic E-state index is 8.00. The van der Waals surface area contributed by atoms with Crippen molar-refractivity contribution in [2.24, 2.45) is 0 Å². The number of rotatable bonds is 7. The number of carbonyl (C=O) groups is 1. The molecule has 1 aromatic carbocycles. The predicted octanol–water partition coefficient (Wildman–Crippen LogP) is 4.39. The second kappa shape index (κ2) is 20.0. The van der Waals surface area contributed by atoms with Gasteiger partial charge in [-0.25, -0.2) is 0 Å². The number of benzene rings is 1. The highest BCUT2D eigenvalue weighted by molar-refractivity contribution is 5.36. The van der Waals surface area contributed by atoms with Crippen LogP contribution in [0.4, 0.5) is 0 Å². The fourth-order valence-corrected chi connectivity index (χ4v) is 2.00. The molecule has 0 aliphatic heterocycles. The van der Waals surface area contributed by atoms with Gasteiger partial charge in [-0.05, 0) is 37.0 Å². The van der Waals surface area contributed by atoms with Gasteiger partial charge < -0.3 is 9.90 Å². The van der Waals surface area contributed by atoms with Crippen LogP contribution in [0.5, 0.6) is 0 Å². The van der Waals surface area contributed by atoms with Crippen molar-refractivity contribution in [3.05, 3.63) is 35.4 Å². The van der Waals surface area contributed by atoms with Gasteiger partial charge in [0.2, 0.25) is 0 Å². The van der Waals surface area contributed by atoms with E-state index in [2.05, 4.69) is 49.0 Å². The maximum Gasteiger partial charge on any atom is 0.106 e. The van der Waals surface area contributed by atoms with Crippen molar-refractivity contribution in [2.75, 3.05) is 7.11 Å². The normalized spacial score (nSPS) is 8.26. The third-order valence-corrected chi connectivity index (χ3v) is 3.10. The van der Waals surface area contributed by atoms with E-state index in [-0.39, 0.29) is 0 Å². The van der Waals surface area contributed by atoms with Crippen LogP contribution in [0.15, 0.2) is 24.3 Å². The summed E-state index contributed by atoms with van der Waals surface area (Å²) in [7, 11) is 1.00. The van der Waals surface area contributed by atoms with Gasteiger partial charge in [0.15, 0.2) is 0 Å². The summed E-state index contributed by atoms with van der Waals surface area (Å²) >= 11 is 0. The van der Waals surface area contributed by atoms with Crippen molar-refractivity contribution in [2.45, 2.75) is 58.3 Å². The van der Waals surface area contributed by atoms with E-state index < -0.39 is 0 Å². The molecule has 0 bridgehead atoms. The molecule has 2 nitrogen and oxygen atoms in total. The Balaban J connectivity index is 0. The lowest BCUT2D eigenvalue weighted by Crippen LogP contribution is -1.83. The first-order valence-corrected chi connectivity index (χ1v) is 8.11. The van der Waals surface area contributed by atoms with E-state index in [1.54, 1.807) is 0 Å². The molecule has 1 N–H and O–H groups in total. The lowest BCUT2D eigenvalue weighted by atomic mass is 10.1. The molecule has 0 aromatic heterocycles. The fraction of sp³-hybridized carbons (Fsp3) is 0.476. The number of hydrogen-bond donors (Lipinski definition) is 1. The first kappa shape index (κ1) is 23.2. The van der Waals surface area contributed by atoms with Crippen LogP contribution in [0.1, 0.15) is 63.0 Å². The quantitative estimate of drug-likeness (QED) is 0.599. The molecule has 0 fully saturated rings. The zero-order chi connectivity index (χ0) is 17.8. The van der Waals surface area contributed by atoms with E-state index >= 15 is 0 Å². The summed E-state index contributed by atoms with van der Waals surface area (Å²) in [6, 6.07) is 8.64. The largest absolute Gasteiger partial charge is 0.400 e. The van der Waals surface area contributed by atoms with E-state index in [9.17, 15) is 0 Å². The lowest BCUT2D eigenvalue weighted by Gasteiger charge is -1.97. The minimum atomic E-state index is 0.912. The predicted molar refractivity (Wildman–Crippen MR) is 99.1 cm³/mol. The van der Waals surface area contributed by atoms with Gasteiger partial charge in [0.05, 0.1) is 0 Å². The van der Waals surface area contributed by atoms with E-state index in [0.717, 1.165) is 38.4 Å². The van der Waals surface area contributed by atoms with Crippen molar-refractivity contribution < 1.29 is 9.90 Å². The SMILES string of the molecule is C#CCCCCCCC#Cc1ccc(CCC)cc1.C=O.CO. The van der Waals surface area contributed by atoms with Crippen LogP contribution in [0.2, 0.25) is 0 Å². The zero-order valence-corrected chi connectivity index (χ0v) is 14.6. The number of hydrogen-bond acceptors (Lipinski definition) is 2. The van der Waals surface area contributed by atoms with Crippen LogP contribution in [-0.2, 0) is 11.2 Å². The molecule has 0 amide bonds. The second-order valence-corrected chi connectivity index (χ2v) is 4.87. The average molecular weight is 314 g/mol. The van der Waals surface area contributed by atoms with Gasteiger partial charge >= 0.3 is 0 Å². The van der Waals surface area contributed by atoms with Crippen molar-refractivity contribution in [1.29, 1.82) is 0 Å². The summed E-state index contributed by atoms with van der Waals surface area (Å²) in [5.74, 6) is 9.16. The Labute approximate surface area is 142 Å². The molecule has 0 heterocycles. The summed E-state index contributed by atoms with van der Waals surface area (Å²) in [5, 5.41) is 7.00. The third kappa shape index (κ3) is 14.7. The van der Waals surface area contributed by atoms with Gasteiger partial charge in [-0.2, -0.15) is 0 Å². The number of unbranched alkanes of at least 4 members (excludes halogenated alkanes) is 5. The molecule has 0 saturated heterocycles. The minimum absolute atomic E-state index is 0.912. The van der Waals surface area contributed by atoms with Gasteiger partial charge in [-0.15, -0.1) is 12.3 Å². The summed E-state index contributed by atoms with van der Waals surface area (Å²) in [6.45, 7) is 4.21. The topological polar surface area (TPSA) is 37.3 Å². The Hall–Kier alpha value is -2.03. The van der Waals surface area contributed by atoms with Crippen LogP contribution in [0, 0.1) is 24.2 Å². The van der Waals surface area contributed by atoms with Gasteiger partial charge in [-0.3, -0.25) is 0 Å². The van der Waals surface area contributed by atoms with Crippen molar-refractivity contribution in [3.8, 4) is 24.2 Å². The molecule has 0 aliphatic carbocycles. The average Bonchev–Trinajstić information content (AvgIpc) is 2.62. The Morgan fingerprint density at radius 3 is 2.09 bits per heavy atom. The standard InChI is InChI=1S/C19H24.CH4O.CH2O/c1-3-5-6-7-8-9-10-11-13-19-16-14-18(12-4-2)15-17-19;2*1-2/h1,14-17H,4-10,12H2,2H3;2H,1H3;1H2. The zero-order valence-electron chi connectivity index (χ0n) is 14.6. The van der Waals surface area contributed by atoms with E-state index in [1.165, 1.54) is 31.2 Å². The maximum atomic E-state index is 8.00.